The summed E-state index contributed by atoms with van der Waals surface area (Å²) in [5, 5.41) is 2.64. The van der Waals surface area contributed by atoms with Gasteiger partial charge in [-0.3, -0.25) is 9.59 Å². The van der Waals surface area contributed by atoms with E-state index in [1.54, 1.807) is 24.1 Å². The third-order valence-electron chi connectivity index (χ3n) is 3.85. The largest absolute Gasteiger partial charge is 0.334 e. The first kappa shape index (κ1) is 16.0. The lowest BCUT2D eigenvalue weighted by atomic mass is 10.0. The van der Waals surface area contributed by atoms with E-state index in [9.17, 15) is 9.59 Å². The maximum Gasteiger partial charge on any atom is 0.313 e. The molecule has 0 saturated carbocycles. The summed E-state index contributed by atoms with van der Waals surface area (Å²) < 4.78 is 0.926. The highest BCUT2D eigenvalue weighted by molar-refractivity contribution is 9.10. The summed E-state index contributed by atoms with van der Waals surface area (Å²) in [6, 6.07) is 7.29. The molecule has 1 fully saturated rings. The summed E-state index contributed by atoms with van der Waals surface area (Å²) in [5.74, 6) is -1.06. The van der Waals surface area contributed by atoms with Crippen LogP contribution in [0.15, 0.2) is 28.7 Å². The number of amides is 2. The Hall–Kier alpha value is -1.40. The summed E-state index contributed by atoms with van der Waals surface area (Å²) in [6.07, 6.45) is 1.81. The molecule has 2 rings (SSSR count). The van der Waals surface area contributed by atoms with Crippen molar-refractivity contribution in [2.45, 2.75) is 18.9 Å². The van der Waals surface area contributed by atoms with Crippen LogP contribution in [0.3, 0.4) is 0 Å². The lowest BCUT2D eigenvalue weighted by molar-refractivity contribution is -0.144. The predicted molar refractivity (Wildman–Crippen MR) is 86.1 cm³/mol. The van der Waals surface area contributed by atoms with Crippen LogP contribution < -0.4 is 5.32 Å². The van der Waals surface area contributed by atoms with Gasteiger partial charge < -0.3 is 15.1 Å². The molecular weight excluding hydrogens is 334 g/mol. The van der Waals surface area contributed by atoms with Gasteiger partial charge in [-0.15, -0.1) is 0 Å². The van der Waals surface area contributed by atoms with E-state index >= 15 is 0 Å². The molecule has 2 amide bonds. The van der Waals surface area contributed by atoms with Gasteiger partial charge in [0.1, 0.15) is 0 Å². The smallest absolute Gasteiger partial charge is 0.313 e. The SMILES string of the molecule is CN1CCC(N(C)C(=O)C(=O)Nc2ccc(Br)cc2)CC1. The van der Waals surface area contributed by atoms with Gasteiger partial charge in [0.15, 0.2) is 0 Å². The van der Waals surface area contributed by atoms with Crippen LogP contribution in [0.5, 0.6) is 0 Å². The second-order valence-corrected chi connectivity index (χ2v) is 6.33. The van der Waals surface area contributed by atoms with E-state index in [0.717, 1.165) is 30.4 Å². The Morgan fingerprint density at radius 2 is 1.81 bits per heavy atom. The van der Waals surface area contributed by atoms with Crippen molar-refractivity contribution < 1.29 is 9.59 Å². The van der Waals surface area contributed by atoms with Gasteiger partial charge >= 0.3 is 11.8 Å². The lowest BCUT2D eigenvalue weighted by Gasteiger charge is -2.34. The number of benzene rings is 1. The molecular formula is C15H20BrN3O2. The van der Waals surface area contributed by atoms with Crippen LogP contribution in [0.4, 0.5) is 5.69 Å². The topological polar surface area (TPSA) is 52.7 Å². The Balaban J connectivity index is 1.92. The number of halogens is 1. The van der Waals surface area contributed by atoms with Gasteiger partial charge in [-0.1, -0.05) is 15.9 Å². The minimum atomic E-state index is -0.584. The van der Waals surface area contributed by atoms with Gasteiger partial charge in [0.25, 0.3) is 0 Å². The Morgan fingerprint density at radius 1 is 1.24 bits per heavy atom. The van der Waals surface area contributed by atoms with Crippen molar-refractivity contribution in [3.8, 4) is 0 Å². The number of likely N-dealkylation sites (tertiary alicyclic amines) is 1. The number of likely N-dealkylation sites (N-methyl/N-ethyl adjacent to an activating group) is 1. The van der Waals surface area contributed by atoms with Gasteiger partial charge in [0, 0.05) is 23.2 Å². The highest BCUT2D eigenvalue weighted by Crippen LogP contribution is 2.16. The van der Waals surface area contributed by atoms with Gasteiger partial charge in [-0.05, 0) is 57.2 Å². The van der Waals surface area contributed by atoms with E-state index in [-0.39, 0.29) is 6.04 Å². The van der Waals surface area contributed by atoms with Crippen LogP contribution in [0.25, 0.3) is 0 Å². The molecule has 6 heteroatoms. The van der Waals surface area contributed by atoms with E-state index in [4.69, 9.17) is 0 Å². The molecule has 0 spiro atoms. The molecule has 1 aliphatic rings. The number of nitrogens with zero attached hydrogens (tertiary/aromatic N) is 2. The van der Waals surface area contributed by atoms with Crippen molar-refractivity contribution in [3.63, 3.8) is 0 Å². The van der Waals surface area contributed by atoms with Crippen LogP contribution in [0.2, 0.25) is 0 Å². The number of hydrogen-bond donors (Lipinski definition) is 1. The van der Waals surface area contributed by atoms with E-state index in [0.29, 0.717) is 5.69 Å². The zero-order valence-corrected chi connectivity index (χ0v) is 13.9. The highest BCUT2D eigenvalue weighted by atomic mass is 79.9. The first-order chi connectivity index (χ1) is 9.97. The first-order valence-electron chi connectivity index (χ1n) is 6.99. The molecule has 1 aromatic rings. The fraction of sp³-hybridized carbons (Fsp3) is 0.467. The molecule has 0 aromatic heterocycles. The first-order valence-corrected chi connectivity index (χ1v) is 7.79. The maximum atomic E-state index is 12.2. The summed E-state index contributed by atoms with van der Waals surface area (Å²) in [4.78, 5) is 28.0. The van der Waals surface area contributed by atoms with Crippen LogP contribution in [-0.2, 0) is 9.59 Å². The molecule has 0 radical (unpaired) electrons. The van der Waals surface area contributed by atoms with Crippen LogP contribution in [0.1, 0.15) is 12.8 Å². The van der Waals surface area contributed by atoms with E-state index < -0.39 is 11.8 Å². The maximum absolute atomic E-state index is 12.2. The summed E-state index contributed by atoms with van der Waals surface area (Å²) in [7, 11) is 3.78. The highest BCUT2D eigenvalue weighted by Gasteiger charge is 2.27. The molecule has 1 heterocycles. The molecule has 5 nitrogen and oxygen atoms in total. The third-order valence-corrected chi connectivity index (χ3v) is 4.38. The fourth-order valence-corrected chi connectivity index (χ4v) is 2.69. The van der Waals surface area contributed by atoms with Gasteiger partial charge in [0.2, 0.25) is 0 Å². The van der Waals surface area contributed by atoms with E-state index in [1.165, 1.54) is 0 Å². The number of rotatable bonds is 2. The van der Waals surface area contributed by atoms with Gasteiger partial charge in [-0.25, -0.2) is 0 Å². The second-order valence-electron chi connectivity index (χ2n) is 5.41. The molecule has 0 unspecified atom stereocenters. The zero-order chi connectivity index (χ0) is 15.4. The monoisotopic (exact) mass is 353 g/mol. The number of hydrogen-bond acceptors (Lipinski definition) is 3. The Labute approximate surface area is 133 Å². The normalized spacial score (nSPS) is 16.5. The van der Waals surface area contributed by atoms with Crippen molar-refractivity contribution in [3.05, 3.63) is 28.7 Å². The standard InChI is InChI=1S/C15H20BrN3O2/c1-18-9-7-13(8-10-18)19(2)15(21)14(20)17-12-5-3-11(16)4-6-12/h3-6,13H,7-10H2,1-2H3,(H,17,20). The molecule has 1 aliphatic heterocycles. The van der Waals surface area contributed by atoms with Crippen molar-refractivity contribution in [2.24, 2.45) is 0 Å². The molecule has 21 heavy (non-hydrogen) atoms. The average Bonchev–Trinajstić information content (AvgIpc) is 2.49. The quantitative estimate of drug-likeness (QED) is 0.826. The van der Waals surface area contributed by atoms with Gasteiger partial charge in [-0.2, -0.15) is 0 Å². The molecule has 114 valence electrons. The van der Waals surface area contributed by atoms with Crippen molar-refractivity contribution in [2.75, 3.05) is 32.5 Å². The fourth-order valence-electron chi connectivity index (χ4n) is 2.43. The van der Waals surface area contributed by atoms with Crippen LogP contribution >= 0.6 is 15.9 Å². The molecule has 0 bridgehead atoms. The number of nitrogens with one attached hydrogen (secondary N) is 1. The van der Waals surface area contributed by atoms with E-state index in [1.807, 2.05) is 12.1 Å². The van der Waals surface area contributed by atoms with Crippen LogP contribution in [0, 0.1) is 0 Å². The summed E-state index contributed by atoms with van der Waals surface area (Å²) in [6.45, 7) is 1.91. The van der Waals surface area contributed by atoms with Crippen molar-refractivity contribution >= 4 is 33.4 Å². The summed E-state index contributed by atoms with van der Waals surface area (Å²) >= 11 is 3.33. The average molecular weight is 354 g/mol. The predicted octanol–water partition coefficient (Wildman–Crippen LogP) is 1.94. The minimum Gasteiger partial charge on any atom is -0.334 e. The van der Waals surface area contributed by atoms with E-state index in [2.05, 4.69) is 33.2 Å². The molecule has 0 atom stereocenters. The Bertz CT molecular complexity index is 510. The Kier molecular flexibility index (Phi) is 5.36. The molecule has 1 saturated heterocycles. The zero-order valence-electron chi connectivity index (χ0n) is 12.3. The third kappa shape index (κ3) is 4.28. The minimum absolute atomic E-state index is 0.143. The molecule has 0 aliphatic carbocycles. The Morgan fingerprint density at radius 3 is 2.38 bits per heavy atom. The number of anilines is 1. The second kappa shape index (κ2) is 7.04. The lowest BCUT2D eigenvalue weighted by Crippen LogP contribution is -2.47. The molecule has 1 N–H and O–H groups in total. The van der Waals surface area contributed by atoms with Crippen molar-refractivity contribution in [1.29, 1.82) is 0 Å². The summed E-state index contributed by atoms with van der Waals surface area (Å²) in [5.41, 5.74) is 0.619. The van der Waals surface area contributed by atoms with Crippen LogP contribution in [-0.4, -0.2) is 54.8 Å². The number of piperidine rings is 1. The number of carbonyl (C=O) groups excluding carboxylic acids is 2. The van der Waals surface area contributed by atoms with Gasteiger partial charge in [0.05, 0.1) is 0 Å². The number of carbonyl (C=O) groups is 2. The van der Waals surface area contributed by atoms with Crippen molar-refractivity contribution in [1.82, 2.24) is 9.80 Å². The molecule has 1 aromatic carbocycles.